The molecule has 4 rings (SSSR count). The molecule has 1 amide bonds. The SMILES string of the molecule is Cn1ccnc1C(=O)NC[C@H]1CC2(CCN(Cc3ccc(OCC#N)cc3)CC2)O1. The van der Waals surface area contributed by atoms with Crippen LogP contribution in [0.1, 0.15) is 35.4 Å². The van der Waals surface area contributed by atoms with Gasteiger partial charge in [0.1, 0.15) is 11.8 Å². The van der Waals surface area contributed by atoms with Gasteiger partial charge in [-0.25, -0.2) is 4.98 Å². The van der Waals surface area contributed by atoms with E-state index >= 15 is 0 Å². The van der Waals surface area contributed by atoms with Crippen molar-refractivity contribution in [2.24, 2.45) is 7.05 Å². The molecule has 3 heterocycles. The van der Waals surface area contributed by atoms with Crippen molar-refractivity contribution >= 4 is 5.91 Å². The number of aromatic nitrogens is 2. The number of rotatable bonds is 7. The second-order valence-electron chi connectivity index (χ2n) is 8.07. The smallest absolute Gasteiger partial charge is 0.287 e. The van der Waals surface area contributed by atoms with Crippen LogP contribution in [0, 0.1) is 11.3 Å². The third-order valence-electron chi connectivity index (χ3n) is 5.93. The second-order valence-corrected chi connectivity index (χ2v) is 8.07. The van der Waals surface area contributed by atoms with Gasteiger partial charge in [-0.15, -0.1) is 0 Å². The highest BCUT2D eigenvalue weighted by Crippen LogP contribution is 2.41. The minimum Gasteiger partial charge on any atom is -0.479 e. The molecule has 1 aromatic carbocycles. The number of imidazole rings is 1. The van der Waals surface area contributed by atoms with Crippen LogP contribution in [0.25, 0.3) is 0 Å². The van der Waals surface area contributed by atoms with Crippen LogP contribution < -0.4 is 10.1 Å². The summed E-state index contributed by atoms with van der Waals surface area (Å²) < 4.78 is 13.2. The van der Waals surface area contributed by atoms with E-state index in [0.29, 0.717) is 12.4 Å². The van der Waals surface area contributed by atoms with Gasteiger partial charge in [0, 0.05) is 52.0 Å². The Balaban J connectivity index is 1.17. The van der Waals surface area contributed by atoms with E-state index < -0.39 is 0 Å². The van der Waals surface area contributed by atoms with Gasteiger partial charge in [-0.3, -0.25) is 9.69 Å². The van der Waals surface area contributed by atoms with Crippen LogP contribution in [-0.4, -0.2) is 58.3 Å². The topological polar surface area (TPSA) is 92.4 Å². The van der Waals surface area contributed by atoms with E-state index in [9.17, 15) is 4.79 Å². The lowest BCUT2D eigenvalue weighted by Gasteiger charge is -2.52. The number of nitrogens with one attached hydrogen (secondary N) is 1. The lowest BCUT2D eigenvalue weighted by Crippen LogP contribution is -2.59. The summed E-state index contributed by atoms with van der Waals surface area (Å²) in [5.41, 5.74) is 1.21. The number of likely N-dealkylation sites (tertiary alicyclic amines) is 1. The lowest BCUT2D eigenvalue weighted by molar-refractivity contribution is -0.222. The Kier molecular flexibility index (Phi) is 6.02. The average Bonchev–Trinajstić information content (AvgIpc) is 3.17. The quantitative estimate of drug-likeness (QED) is 0.751. The van der Waals surface area contributed by atoms with Crippen LogP contribution in [0.4, 0.5) is 0 Å². The molecule has 2 aromatic rings. The molecule has 0 aliphatic carbocycles. The van der Waals surface area contributed by atoms with Gasteiger partial charge in [-0.2, -0.15) is 5.26 Å². The van der Waals surface area contributed by atoms with E-state index in [1.54, 1.807) is 17.0 Å². The molecule has 2 fully saturated rings. The molecule has 1 atom stereocenters. The van der Waals surface area contributed by atoms with Crippen LogP contribution in [0.15, 0.2) is 36.7 Å². The highest BCUT2D eigenvalue weighted by molar-refractivity contribution is 5.90. The standard InChI is InChI=1S/C22H27N5O3/c1-26-12-9-24-20(26)21(28)25-15-19-14-22(30-19)6-10-27(11-7-22)16-17-2-4-18(5-3-17)29-13-8-23/h2-5,9,12,19H,6-7,10-11,13-16H2,1H3,(H,25,28)/t19-/m1/s1. The Morgan fingerprint density at radius 1 is 1.37 bits per heavy atom. The third kappa shape index (κ3) is 4.64. The molecule has 0 bridgehead atoms. The van der Waals surface area contributed by atoms with Crippen molar-refractivity contribution in [1.82, 2.24) is 19.8 Å². The molecule has 158 valence electrons. The highest BCUT2D eigenvalue weighted by atomic mass is 16.5. The highest BCUT2D eigenvalue weighted by Gasteiger charge is 2.47. The van der Waals surface area contributed by atoms with E-state index in [2.05, 4.69) is 27.3 Å². The van der Waals surface area contributed by atoms with E-state index in [0.717, 1.165) is 44.6 Å². The Bertz CT molecular complexity index is 902. The summed E-state index contributed by atoms with van der Waals surface area (Å²) in [7, 11) is 1.81. The molecule has 8 heteroatoms. The minimum atomic E-state index is -0.161. The van der Waals surface area contributed by atoms with Crippen LogP contribution in [0.2, 0.25) is 0 Å². The molecule has 2 aliphatic heterocycles. The molecule has 0 saturated carbocycles. The zero-order valence-corrected chi connectivity index (χ0v) is 17.2. The first-order chi connectivity index (χ1) is 14.6. The fourth-order valence-corrected chi connectivity index (χ4v) is 4.25. The predicted octanol–water partition coefficient (Wildman–Crippen LogP) is 1.88. The predicted molar refractivity (Wildman–Crippen MR) is 110 cm³/mol. The van der Waals surface area contributed by atoms with Gasteiger partial charge in [0.15, 0.2) is 12.4 Å². The van der Waals surface area contributed by atoms with Gasteiger partial charge in [0.25, 0.3) is 5.91 Å². The molecular weight excluding hydrogens is 382 g/mol. The van der Waals surface area contributed by atoms with Gasteiger partial charge >= 0.3 is 0 Å². The first kappa shape index (κ1) is 20.4. The van der Waals surface area contributed by atoms with Crippen LogP contribution >= 0.6 is 0 Å². The number of piperidine rings is 1. The summed E-state index contributed by atoms with van der Waals surface area (Å²) in [6.07, 6.45) is 6.48. The maximum Gasteiger partial charge on any atom is 0.287 e. The fraction of sp³-hybridized carbons (Fsp3) is 0.500. The van der Waals surface area contributed by atoms with Crippen LogP contribution in [0.3, 0.4) is 0 Å². The molecule has 30 heavy (non-hydrogen) atoms. The van der Waals surface area contributed by atoms with Crippen molar-refractivity contribution in [1.29, 1.82) is 5.26 Å². The summed E-state index contributed by atoms with van der Waals surface area (Å²) in [6, 6.07) is 9.91. The Labute approximate surface area is 176 Å². The first-order valence-electron chi connectivity index (χ1n) is 10.3. The number of aryl methyl sites for hydroxylation is 1. The number of ether oxygens (including phenoxy) is 2. The van der Waals surface area contributed by atoms with Gasteiger partial charge < -0.3 is 19.4 Å². The van der Waals surface area contributed by atoms with E-state index in [1.807, 2.05) is 25.2 Å². The largest absolute Gasteiger partial charge is 0.479 e. The molecular formula is C22H27N5O3. The average molecular weight is 409 g/mol. The number of carbonyl (C=O) groups excluding carboxylic acids is 1. The lowest BCUT2D eigenvalue weighted by atomic mass is 9.80. The molecule has 2 aliphatic rings. The van der Waals surface area contributed by atoms with Gasteiger partial charge in [0.05, 0.1) is 11.7 Å². The van der Waals surface area contributed by atoms with Crippen molar-refractivity contribution in [3.8, 4) is 11.8 Å². The van der Waals surface area contributed by atoms with Gasteiger partial charge in [0.2, 0.25) is 0 Å². The summed E-state index contributed by atoms with van der Waals surface area (Å²) in [4.78, 5) is 18.7. The number of nitrogens with zero attached hydrogens (tertiary/aromatic N) is 4. The number of nitriles is 1. The number of hydrogen-bond acceptors (Lipinski definition) is 6. The molecule has 1 N–H and O–H groups in total. The van der Waals surface area contributed by atoms with Crippen LogP contribution in [0.5, 0.6) is 5.75 Å². The second kappa shape index (κ2) is 8.86. The normalized spacial score (nSPS) is 20.3. The maximum atomic E-state index is 12.1. The summed E-state index contributed by atoms with van der Waals surface area (Å²) in [6.45, 7) is 3.49. The third-order valence-corrected chi connectivity index (χ3v) is 5.93. The fourth-order valence-electron chi connectivity index (χ4n) is 4.25. The van der Waals surface area contributed by atoms with Gasteiger partial charge in [-0.05, 0) is 30.5 Å². The molecule has 2 saturated heterocycles. The molecule has 8 nitrogen and oxygen atoms in total. The van der Waals surface area contributed by atoms with Crippen molar-refractivity contribution in [3.05, 3.63) is 48.0 Å². The summed E-state index contributed by atoms with van der Waals surface area (Å²) in [5.74, 6) is 0.981. The van der Waals surface area contributed by atoms with Crippen molar-refractivity contribution in [2.45, 2.75) is 37.5 Å². The molecule has 0 radical (unpaired) electrons. The maximum absolute atomic E-state index is 12.1. The van der Waals surface area contributed by atoms with Crippen molar-refractivity contribution < 1.29 is 14.3 Å². The van der Waals surface area contributed by atoms with E-state index in [4.69, 9.17) is 14.7 Å². The monoisotopic (exact) mass is 409 g/mol. The van der Waals surface area contributed by atoms with Crippen molar-refractivity contribution in [3.63, 3.8) is 0 Å². The summed E-state index contributed by atoms with van der Waals surface area (Å²) in [5, 5.41) is 11.5. The van der Waals surface area contributed by atoms with E-state index in [1.165, 1.54) is 5.56 Å². The van der Waals surface area contributed by atoms with Gasteiger partial charge in [-0.1, -0.05) is 12.1 Å². The Hall–Kier alpha value is -2.89. The first-order valence-corrected chi connectivity index (χ1v) is 10.3. The van der Waals surface area contributed by atoms with Crippen LogP contribution in [-0.2, 0) is 18.3 Å². The van der Waals surface area contributed by atoms with E-state index in [-0.39, 0.29) is 24.2 Å². The zero-order chi connectivity index (χ0) is 21.0. The molecule has 0 unspecified atom stereocenters. The molecule has 1 spiro atoms. The molecule has 1 aromatic heterocycles. The zero-order valence-electron chi connectivity index (χ0n) is 17.2. The summed E-state index contributed by atoms with van der Waals surface area (Å²) >= 11 is 0. The van der Waals surface area contributed by atoms with Crippen molar-refractivity contribution in [2.75, 3.05) is 26.2 Å². The Morgan fingerprint density at radius 3 is 2.73 bits per heavy atom. The minimum absolute atomic E-state index is 0.0237. The number of carbonyl (C=O) groups is 1. The number of benzene rings is 1. The number of hydrogen-bond donors (Lipinski definition) is 1. The number of amides is 1. The Morgan fingerprint density at radius 2 is 2.10 bits per heavy atom.